The zero-order valence-electron chi connectivity index (χ0n) is 4.86. The van der Waals surface area contributed by atoms with Crippen LogP contribution < -0.4 is 2.94 Å². The molecular weight excluding hydrogens is 168 g/mol. The minimum absolute atomic E-state index is 0.407. The summed E-state index contributed by atoms with van der Waals surface area (Å²) < 4.78 is 1.02. The fraction of sp³-hybridized carbons (Fsp3) is 0. The van der Waals surface area contributed by atoms with E-state index < -0.39 is 0 Å². The number of hydrogen-bond acceptors (Lipinski definition) is 1. The molecule has 0 atom stereocenters. The Morgan fingerprint density at radius 3 is 2.44 bits per heavy atom. The first kappa shape index (κ1) is 7.83. The van der Waals surface area contributed by atoms with Crippen molar-refractivity contribution in [2.24, 2.45) is 0 Å². The van der Waals surface area contributed by atoms with Gasteiger partial charge in [0, 0.05) is 0 Å². The third kappa shape index (κ3) is 2.10. The first-order valence-corrected chi connectivity index (χ1v) is 4.24. The van der Waals surface area contributed by atoms with Crippen molar-refractivity contribution in [3.05, 3.63) is 22.3 Å². The standard InChI is InChI=1S/C5H2Cl2N.Na/c6-4-2-1-3-8-5(4)7;/h1-2H;. The summed E-state index contributed by atoms with van der Waals surface area (Å²) in [4.78, 5) is 3.97. The zero-order valence-corrected chi connectivity index (χ0v) is 8.37. The Bertz CT molecular complexity index is 226. The van der Waals surface area contributed by atoms with Gasteiger partial charge in [0.2, 0.25) is 0 Å². The van der Waals surface area contributed by atoms with E-state index in [-0.39, 0.29) is 0 Å². The summed E-state index contributed by atoms with van der Waals surface area (Å²) >= 11 is 12.1. The second-order valence-electron chi connectivity index (χ2n) is 1.73. The molecule has 1 aromatic rings. The van der Waals surface area contributed by atoms with Gasteiger partial charge in [-0.1, -0.05) is 0 Å². The Hall–Kier alpha value is 0.730. The van der Waals surface area contributed by atoms with E-state index in [0.29, 0.717) is 10.2 Å². The SMILES string of the molecule is [Na][c]1ccc(Cl)c(Cl)n1. The summed E-state index contributed by atoms with van der Waals surface area (Å²) in [6.07, 6.45) is 0. The van der Waals surface area contributed by atoms with Gasteiger partial charge in [0.1, 0.15) is 0 Å². The minimum atomic E-state index is 0.407. The van der Waals surface area contributed by atoms with E-state index in [1.807, 2.05) is 6.07 Å². The van der Waals surface area contributed by atoms with Crippen molar-refractivity contribution in [3.8, 4) is 0 Å². The zero-order chi connectivity index (χ0) is 6.85. The normalized spacial score (nSPS) is 9.78. The monoisotopic (exact) mass is 169 g/mol. The van der Waals surface area contributed by atoms with Crippen molar-refractivity contribution >= 4 is 54.1 Å². The predicted octanol–water partition coefficient (Wildman–Crippen LogP) is 1.18. The Morgan fingerprint density at radius 1 is 1.33 bits per heavy atom. The first-order chi connectivity index (χ1) is 4.20. The van der Waals surface area contributed by atoms with Crippen LogP contribution in [0.4, 0.5) is 0 Å². The van der Waals surface area contributed by atoms with Gasteiger partial charge in [-0.3, -0.25) is 0 Å². The van der Waals surface area contributed by atoms with Gasteiger partial charge in [-0.2, -0.15) is 0 Å². The van der Waals surface area contributed by atoms with Crippen molar-refractivity contribution < 1.29 is 0 Å². The molecular formula is C5H2Cl2NNa. The summed E-state index contributed by atoms with van der Waals surface area (Å²) in [6.45, 7) is 0. The predicted molar refractivity (Wildman–Crippen MR) is 39.6 cm³/mol. The first-order valence-electron chi connectivity index (χ1n) is 2.49. The van der Waals surface area contributed by atoms with Gasteiger partial charge in [0.15, 0.2) is 0 Å². The summed E-state index contributed by atoms with van der Waals surface area (Å²) in [7, 11) is 0. The van der Waals surface area contributed by atoms with Crippen LogP contribution in [0.15, 0.2) is 12.1 Å². The van der Waals surface area contributed by atoms with E-state index in [1.54, 1.807) is 6.07 Å². The van der Waals surface area contributed by atoms with Crippen LogP contribution in [0.1, 0.15) is 0 Å². The molecule has 0 aliphatic heterocycles. The fourth-order valence-electron chi connectivity index (χ4n) is 0.508. The molecule has 9 heavy (non-hydrogen) atoms. The van der Waals surface area contributed by atoms with Gasteiger partial charge < -0.3 is 0 Å². The molecule has 1 heterocycles. The van der Waals surface area contributed by atoms with Crippen LogP contribution in [0.2, 0.25) is 10.2 Å². The van der Waals surface area contributed by atoms with Crippen molar-refractivity contribution in [2.45, 2.75) is 0 Å². The average molecular weight is 170 g/mol. The van der Waals surface area contributed by atoms with Gasteiger partial charge in [-0.05, 0) is 0 Å². The van der Waals surface area contributed by atoms with Crippen LogP contribution in [0.5, 0.6) is 0 Å². The van der Waals surface area contributed by atoms with E-state index in [1.165, 1.54) is 0 Å². The van der Waals surface area contributed by atoms with E-state index in [2.05, 4.69) is 4.98 Å². The maximum atomic E-state index is 5.60. The summed E-state index contributed by atoms with van der Waals surface area (Å²) in [5.74, 6) is 0. The van der Waals surface area contributed by atoms with Crippen LogP contribution in [0, 0.1) is 0 Å². The Balaban J connectivity index is 3.17. The summed E-state index contributed by atoms with van der Waals surface area (Å²) in [6, 6.07) is 3.64. The molecule has 0 aromatic carbocycles. The van der Waals surface area contributed by atoms with Gasteiger partial charge in [0.25, 0.3) is 0 Å². The fourth-order valence-corrected chi connectivity index (χ4v) is 1.34. The third-order valence-electron chi connectivity index (χ3n) is 0.942. The molecule has 0 aliphatic carbocycles. The van der Waals surface area contributed by atoms with Crippen molar-refractivity contribution in [1.82, 2.24) is 4.98 Å². The molecule has 1 rings (SSSR count). The van der Waals surface area contributed by atoms with Gasteiger partial charge >= 0.3 is 81.4 Å². The molecule has 0 amide bonds. The van der Waals surface area contributed by atoms with E-state index in [9.17, 15) is 0 Å². The number of nitrogens with zero attached hydrogens (tertiary/aromatic N) is 1. The Morgan fingerprint density at radius 2 is 2.00 bits per heavy atom. The van der Waals surface area contributed by atoms with Crippen molar-refractivity contribution in [3.63, 3.8) is 0 Å². The van der Waals surface area contributed by atoms with Crippen LogP contribution in [-0.2, 0) is 0 Å². The summed E-state index contributed by atoms with van der Waals surface area (Å²) in [5, 5.41) is 0.931. The molecule has 0 unspecified atom stereocenters. The molecule has 1 nitrogen and oxygen atoms in total. The van der Waals surface area contributed by atoms with Crippen molar-refractivity contribution in [1.29, 1.82) is 0 Å². The summed E-state index contributed by atoms with van der Waals surface area (Å²) in [5.41, 5.74) is 0. The number of pyridine rings is 1. The molecule has 0 bridgehead atoms. The number of aromatic nitrogens is 1. The second kappa shape index (κ2) is 3.22. The van der Waals surface area contributed by atoms with Crippen LogP contribution >= 0.6 is 23.2 Å². The number of halogens is 2. The molecule has 0 radical (unpaired) electrons. The van der Waals surface area contributed by atoms with Crippen LogP contribution in [-0.4, -0.2) is 32.9 Å². The Labute approximate surface area is 80.8 Å². The molecule has 4 heteroatoms. The molecule has 1 aromatic heterocycles. The van der Waals surface area contributed by atoms with E-state index in [4.69, 9.17) is 23.2 Å². The molecule has 0 fully saturated rings. The van der Waals surface area contributed by atoms with E-state index >= 15 is 0 Å². The quantitative estimate of drug-likeness (QED) is 0.420. The van der Waals surface area contributed by atoms with Crippen LogP contribution in [0.25, 0.3) is 0 Å². The maximum absolute atomic E-state index is 5.60. The number of rotatable bonds is 0. The molecule has 0 saturated carbocycles. The molecule has 0 spiro atoms. The van der Waals surface area contributed by atoms with Gasteiger partial charge in [-0.25, -0.2) is 0 Å². The molecule has 0 saturated heterocycles. The van der Waals surface area contributed by atoms with Crippen LogP contribution in [0.3, 0.4) is 0 Å². The van der Waals surface area contributed by atoms with Gasteiger partial charge in [-0.15, -0.1) is 0 Å². The average Bonchev–Trinajstić information content (AvgIpc) is 1.80. The number of hydrogen-bond donors (Lipinski definition) is 0. The molecule has 42 valence electrons. The Kier molecular flexibility index (Phi) is 2.80. The van der Waals surface area contributed by atoms with E-state index in [0.717, 1.165) is 30.9 Å². The van der Waals surface area contributed by atoms with Crippen molar-refractivity contribution in [2.75, 3.05) is 0 Å². The molecule has 0 aliphatic rings. The second-order valence-corrected chi connectivity index (χ2v) is 3.52. The third-order valence-corrected chi connectivity index (χ3v) is 2.19. The topological polar surface area (TPSA) is 12.9 Å². The van der Waals surface area contributed by atoms with Gasteiger partial charge in [0.05, 0.1) is 0 Å². The molecule has 0 N–H and O–H groups in total.